The summed E-state index contributed by atoms with van der Waals surface area (Å²) in [6, 6.07) is 0.512. The van der Waals surface area contributed by atoms with E-state index >= 15 is 0 Å². The molecule has 1 aromatic rings. The predicted molar refractivity (Wildman–Crippen MR) is 56.2 cm³/mol. The van der Waals surface area contributed by atoms with E-state index in [1.807, 2.05) is 0 Å². The molecule has 1 aromatic heterocycles. The second kappa shape index (κ2) is 4.68. The molecule has 9 heteroatoms. The SMILES string of the molecule is O=C(N=[SH2])c1c(C(F)(F)F)cc(Cl)nc1Cl. The fourth-order valence-electron chi connectivity index (χ4n) is 0.967. The zero-order valence-electron chi connectivity index (χ0n) is 7.27. The number of hydrogen-bond donors (Lipinski definition) is 0. The standard InChI is InChI=1S/C7H3Cl2F3N2OS/c8-3-1-2(7(10,11)12)4(5(9)13-3)6(15)14-16/h1H,16H2. The van der Waals surface area contributed by atoms with Crippen LogP contribution in [0, 0.1) is 0 Å². The van der Waals surface area contributed by atoms with Crippen molar-refractivity contribution in [2.24, 2.45) is 4.36 Å². The molecule has 3 nitrogen and oxygen atoms in total. The average Bonchev–Trinajstić information content (AvgIpc) is 2.14. The van der Waals surface area contributed by atoms with Gasteiger partial charge in [0, 0.05) is 0 Å². The van der Waals surface area contributed by atoms with Crippen molar-refractivity contribution in [1.82, 2.24) is 4.98 Å². The highest BCUT2D eigenvalue weighted by molar-refractivity contribution is 7.47. The molecule has 0 radical (unpaired) electrons. The number of amides is 1. The highest BCUT2D eigenvalue weighted by atomic mass is 35.5. The Kier molecular flexibility index (Phi) is 3.92. The number of hydrogen-bond acceptors (Lipinski definition) is 2. The molecule has 0 aliphatic rings. The molecule has 0 saturated heterocycles. The van der Waals surface area contributed by atoms with Crippen LogP contribution in [0.25, 0.3) is 0 Å². The highest BCUT2D eigenvalue weighted by Crippen LogP contribution is 2.36. The van der Waals surface area contributed by atoms with Gasteiger partial charge in [0.15, 0.2) is 0 Å². The number of rotatable bonds is 1. The van der Waals surface area contributed by atoms with E-state index in [9.17, 15) is 18.0 Å². The maximum Gasteiger partial charge on any atom is 0.417 e. The van der Waals surface area contributed by atoms with E-state index in [-0.39, 0.29) is 0 Å². The fourth-order valence-corrected chi connectivity index (χ4v) is 1.59. The van der Waals surface area contributed by atoms with Crippen molar-refractivity contribution in [1.29, 1.82) is 0 Å². The summed E-state index contributed by atoms with van der Waals surface area (Å²) in [5.41, 5.74) is -2.11. The Morgan fingerprint density at radius 3 is 2.44 bits per heavy atom. The highest BCUT2D eigenvalue weighted by Gasteiger charge is 2.37. The summed E-state index contributed by atoms with van der Waals surface area (Å²) in [5.74, 6) is -1.18. The van der Waals surface area contributed by atoms with E-state index in [0.717, 1.165) is 0 Å². The molecule has 0 bridgehead atoms. The monoisotopic (exact) mass is 290 g/mol. The third-order valence-electron chi connectivity index (χ3n) is 1.56. The zero-order valence-corrected chi connectivity index (χ0v) is 9.78. The van der Waals surface area contributed by atoms with Crippen molar-refractivity contribution in [3.63, 3.8) is 0 Å². The van der Waals surface area contributed by atoms with Gasteiger partial charge in [-0.05, 0) is 6.07 Å². The Morgan fingerprint density at radius 1 is 1.44 bits per heavy atom. The largest absolute Gasteiger partial charge is 0.417 e. The van der Waals surface area contributed by atoms with Gasteiger partial charge in [-0.2, -0.15) is 17.5 Å². The van der Waals surface area contributed by atoms with Gasteiger partial charge in [-0.15, -0.1) is 12.4 Å². The number of carbonyl (C=O) groups excluding carboxylic acids is 1. The number of carbonyl (C=O) groups is 1. The van der Waals surface area contributed by atoms with Gasteiger partial charge in [0.05, 0.1) is 11.1 Å². The van der Waals surface area contributed by atoms with Crippen LogP contribution in [0.5, 0.6) is 0 Å². The molecule has 88 valence electrons. The summed E-state index contributed by atoms with van der Waals surface area (Å²) in [6.07, 6.45) is -4.77. The average molecular weight is 291 g/mol. The molecule has 1 heterocycles. The lowest BCUT2D eigenvalue weighted by atomic mass is 10.1. The number of nitrogens with zero attached hydrogens (tertiary/aromatic N) is 2. The molecule has 0 aliphatic carbocycles. The van der Waals surface area contributed by atoms with Crippen LogP contribution in [0.15, 0.2) is 10.4 Å². The lowest BCUT2D eigenvalue weighted by Crippen LogP contribution is -2.13. The van der Waals surface area contributed by atoms with Crippen molar-refractivity contribution < 1.29 is 18.0 Å². The molecular formula is C7H3Cl2F3N2OS. The third kappa shape index (κ3) is 2.72. The van der Waals surface area contributed by atoms with Crippen LogP contribution in [0.3, 0.4) is 0 Å². The Balaban J connectivity index is 3.57. The smallest absolute Gasteiger partial charge is 0.266 e. The lowest BCUT2D eigenvalue weighted by Gasteiger charge is -2.11. The summed E-state index contributed by atoms with van der Waals surface area (Å²) >= 11 is 13.2. The van der Waals surface area contributed by atoms with Crippen molar-refractivity contribution in [2.45, 2.75) is 6.18 Å². The summed E-state index contributed by atoms with van der Waals surface area (Å²) in [4.78, 5) is 14.5. The molecule has 16 heavy (non-hydrogen) atoms. The lowest BCUT2D eigenvalue weighted by molar-refractivity contribution is -0.138. The first-order valence-corrected chi connectivity index (χ1v) is 4.82. The van der Waals surface area contributed by atoms with Gasteiger partial charge in [-0.25, -0.2) is 4.98 Å². The minimum absolute atomic E-state index is 0.456. The van der Waals surface area contributed by atoms with E-state index in [1.165, 1.54) is 0 Å². The number of pyridine rings is 1. The first-order valence-electron chi connectivity index (χ1n) is 3.62. The van der Waals surface area contributed by atoms with Gasteiger partial charge in [-0.3, -0.25) is 4.79 Å². The van der Waals surface area contributed by atoms with Gasteiger partial charge in [0.2, 0.25) is 0 Å². The second-order valence-corrected chi connectivity index (χ2v) is 3.54. The minimum Gasteiger partial charge on any atom is -0.266 e. The Labute approximate surface area is 103 Å². The summed E-state index contributed by atoms with van der Waals surface area (Å²) in [6.45, 7) is 0. The maximum absolute atomic E-state index is 12.6. The minimum atomic E-state index is -4.77. The summed E-state index contributed by atoms with van der Waals surface area (Å²) in [7, 11) is 0. The first kappa shape index (κ1) is 13.4. The van der Waals surface area contributed by atoms with E-state index < -0.39 is 33.5 Å². The van der Waals surface area contributed by atoms with Gasteiger partial charge in [-0.1, -0.05) is 23.2 Å². The van der Waals surface area contributed by atoms with Crippen molar-refractivity contribution in [3.05, 3.63) is 27.5 Å². The van der Waals surface area contributed by atoms with E-state index in [1.54, 1.807) is 0 Å². The molecule has 1 rings (SSSR count). The van der Waals surface area contributed by atoms with Crippen LogP contribution in [-0.2, 0) is 18.6 Å². The van der Waals surface area contributed by atoms with Crippen LogP contribution in [0.1, 0.15) is 15.9 Å². The normalized spacial score (nSPS) is 11.4. The second-order valence-electron chi connectivity index (χ2n) is 2.57. The third-order valence-corrected chi connectivity index (χ3v) is 2.24. The zero-order chi connectivity index (χ0) is 12.5. The molecule has 0 N–H and O–H groups in total. The van der Waals surface area contributed by atoms with E-state index in [0.29, 0.717) is 6.07 Å². The predicted octanol–water partition coefficient (Wildman–Crippen LogP) is 2.74. The molecule has 0 aromatic carbocycles. The number of alkyl halides is 3. The fraction of sp³-hybridized carbons (Fsp3) is 0.143. The Bertz CT molecular complexity index is 464. The van der Waals surface area contributed by atoms with Gasteiger partial charge >= 0.3 is 6.18 Å². The number of aromatic nitrogens is 1. The van der Waals surface area contributed by atoms with Gasteiger partial charge < -0.3 is 0 Å². The van der Waals surface area contributed by atoms with Gasteiger partial charge in [0.1, 0.15) is 10.3 Å². The molecule has 0 spiro atoms. The van der Waals surface area contributed by atoms with Gasteiger partial charge in [0.25, 0.3) is 5.91 Å². The maximum atomic E-state index is 12.6. The molecule has 0 unspecified atom stereocenters. The summed E-state index contributed by atoms with van der Waals surface area (Å²) < 4.78 is 40.6. The van der Waals surface area contributed by atoms with Crippen LogP contribution >= 0.6 is 23.2 Å². The van der Waals surface area contributed by atoms with E-state index in [4.69, 9.17) is 23.2 Å². The van der Waals surface area contributed by atoms with E-state index in [2.05, 4.69) is 21.8 Å². The molecule has 0 aliphatic heterocycles. The van der Waals surface area contributed by atoms with Crippen molar-refractivity contribution in [3.8, 4) is 0 Å². The molecule has 0 saturated carbocycles. The molecule has 0 atom stereocenters. The summed E-state index contributed by atoms with van der Waals surface area (Å²) in [5, 5.41) is -1.10. The van der Waals surface area contributed by atoms with Crippen molar-refractivity contribution >= 4 is 41.5 Å². The molecule has 1 amide bonds. The number of halogens is 5. The Morgan fingerprint density at radius 2 is 2.00 bits per heavy atom. The van der Waals surface area contributed by atoms with Crippen LogP contribution in [0.4, 0.5) is 13.2 Å². The topological polar surface area (TPSA) is 42.3 Å². The van der Waals surface area contributed by atoms with Crippen LogP contribution in [0.2, 0.25) is 10.3 Å². The van der Waals surface area contributed by atoms with Crippen LogP contribution in [-0.4, -0.2) is 10.9 Å². The first-order chi connectivity index (χ1) is 7.27. The van der Waals surface area contributed by atoms with Crippen LogP contribution < -0.4 is 0 Å². The molecular weight excluding hydrogens is 288 g/mol. The Hall–Kier alpha value is -0.660. The molecule has 0 fully saturated rings. The quantitative estimate of drug-likeness (QED) is 0.747. The van der Waals surface area contributed by atoms with Crippen molar-refractivity contribution in [2.75, 3.05) is 0 Å².